The van der Waals surface area contributed by atoms with Gasteiger partial charge in [-0.15, -0.1) is 0 Å². The Labute approximate surface area is 178 Å². The molecule has 1 saturated carbocycles. The third kappa shape index (κ3) is 4.49. The number of nitrogens with zero attached hydrogens (tertiary/aromatic N) is 4. The lowest BCUT2D eigenvalue weighted by Crippen LogP contribution is -2.21. The van der Waals surface area contributed by atoms with E-state index in [1.54, 1.807) is 29.1 Å². The number of hydrogen-bond acceptors (Lipinski definition) is 6. The minimum atomic E-state index is -0.471. The number of rotatable bonds is 7. The fraction of sp³-hybridized carbons (Fsp3) is 0.333. The van der Waals surface area contributed by atoms with E-state index in [4.69, 9.17) is 17.3 Å². The maximum absolute atomic E-state index is 13.3. The Morgan fingerprint density at radius 1 is 1.33 bits per heavy atom. The molecule has 2 atom stereocenters. The van der Waals surface area contributed by atoms with Crippen LogP contribution in [0.25, 0.3) is 0 Å². The topological polar surface area (TPSA) is 98.7 Å². The zero-order valence-electron chi connectivity index (χ0n) is 16.3. The Morgan fingerprint density at radius 3 is 2.97 bits per heavy atom. The predicted molar refractivity (Wildman–Crippen MR) is 112 cm³/mol. The van der Waals surface area contributed by atoms with Gasteiger partial charge < -0.3 is 11.1 Å². The molecule has 1 aromatic carbocycles. The highest BCUT2D eigenvalue weighted by molar-refractivity contribution is 6.30. The maximum Gasteiger partial charge on any atom is 0.218 e. The third-order valence-corrected chi connectivity index (χ3v) is 5.66. The minimum Gasteiger partial charge on any atom is -0.367 e. The molecule has 0 aliphatic heterocycles. The van der Waals surface area contributed by atoms with Crippen LogP contribution in [0.15, 0.2) is 43.0 Å². The van der Waals surface area contributed by atoms with Crippen molar-refractivity contribution in [2.24, 2.45) is 11.7 Å². The summed E-state index contributed by atoms with van der Waals surface area (Å²) in [6, 6.07) is 6.37. The Balaban J connectivity index is 1.49. The van der Waals surface area contributed by atoms with Gasteiger partial charge in [-0.2, -0.15) is 5.10 Å². The monoisotopic (exact) mass is 428 g/mol. The lowest BCUT2D eigenvalue weighted by Gasteiger charge is -2.15. The van der Waals surface area contributed by atoms with Crippen LogP contribution < -0.4 is 11.1 Å². The highest BCUT2D eigenvalue weighted by Gasteiger charge is 2.26. The number of halogens is 2. The Hall–Kier alpha value is -2.84. The van der Waals surface area contributed by atoms with Gasteiger partial charge in [0.15, 0.2) is 0 Å². The van der Waals surface area contributed by atoms with Crippen LogP contribution in [0.4, 0.5) is 10.2 Å². The molecule has 2 unspecified atom stereocenters. The molecule has 4 rings (SSSR count). The van der Waals surface area contributed by atoms with Crippen molar-refractivity contribution in [1.29, 1.82) is 0 Å². The van der Waals surface area contributed by atoms with E-state index < -0.39 is 5.82 Å². The van der Waals surface area contributed by atoms with Crippen LogP contribution in [-0.4, -0.2) is 38.1 Å². The first-order chi connectivity index (χ1) is 14.5. The van der Waals surface area contributed by atoms with Gasteiger partial charge in [0.2, 0.25) is 5.78 Å². The number of benzene rings is 1. The van der Waals surface area contributed by atoms with Gasteiger partial charge in [0.25, 0.3) is 0 Å². The molecule has 0 spiro atoms. The molecular formula is C21H22ClFN6O. The molecule has 9 heteroatoms. The summed E-state index contributed by atoms with van der Waals surface area (Å²) in [7, 11) is 0. The van der Waals surface area contributed by atoms with Crippen LogP contribution in [0.1, 0.15) is 40.9 Å². The lowest BCUT2D eigenvalue weighted by atomic mass is 10.1. The van der Waals surface area contributed by atoms with Crippen molar-refractivity contribution < 1.29 is 9.18 Å². The van der Waals surface area contributed by atoms with Gasteiger partial charge in [-0.3, -0.25) is 9.48 Å². The van der Waals surface area contributed by atoms with Crippen LogP contribution in [0.3, 0.4) is 0 Å². The van der Waals surface area contributed by atoms with Gasteiger partial charge in [-0.1, -0.05) is 17.7 Å². The van der Waals surface area contributed by atoms with Gasteiger partial charge in [-0.25, -0.2) is 14.4 Å². The second kappa shape index (κ2) is 8.89. The van der Waals surface area contributed by atoms with Crippen LogP contribution in [0.2, 0.25) is 5.02 Å². The zero-order valence-corrected chi connectivity index (χ0v) is 17.0. The van der Waals surface area contributed by atoms with E-state index in [0.29, 0.717) is 30.4 Å². The molecular weight excluding hydrogens is 407 g/mol. The second-order valence-corrected chi connectivity index (χ2v) is 7.92. The summed E-state index contributed by atoms with van der Waals surface area (Å²) in [5.41, 5.74) is 7.22. The van der Waals surface area contributed by atoms with Gasteiger partial charge in [0.05, 0.1) is 17.1 Å². The summed E-state index contributed by atoms with van der Waals surface area (Å²) in [6.45, 7) is 1.04. The van der Waals surface area contributed by atoms with Crippen LogP contribution in [0, 0.1) is 11.7 Å². The molecule has 3 aromatic rings. The highest BCUT2D eigenvalue weighted by Crippen LogP contribution is 2.28. The van der Waals surface area contributed by atoms with Crippen molar-refractivity contribution in [3.63, 3.8) is 0 Å². The summed E-state index contributed by atoms with van der Waals surface area (Å²) in [6.07, 6.45) is 7.65. The number of anilines is 1. The van der Waals surface area contributed by atoms with Crippen molar-refractivity contribution in [2.75, 3.05) is 11.9 Å². The highest BCUT2D eigenvalue weighted by atomic mass is 35.5. The summed E-state index contributed by atoms with van der Waals surface area (Å²) < 4.78 is 14.9. The van der Waals surface area contributed by atoms with Gasteiger partial charge in [0, 0.05) is 18.4 Å². The molecule has 0 amide bonds. The van der Waals surface area contributed by atoms with E-state index in [1.807, 2.05) is 0 Å². The number of carbonyl (C=O) groups excluding carboxylic acids is 1. The molecule has 156 valence electrons. The molecule has 1 aliphatic rings. The summed E-state index contributed by atoms with van der Waals surface area (Å²) in [5, 5.41) is 7.79. The first kappa shape index (κ1) is 20.4. The number of nitrogens with one attached hydrogen (secondary N) is 1. The van der Waals surface area contributed by atoms with E-state index in [2.05, 4.69) is 20.4 Å². The molecule has 1 aliphatic carbocycles. The van der Waals surface area contributed by atoms with Crippen LogP contribution >= 0.6 is 11.6 Å². The molecule has 0 bridgehead atoms. The van der Waals surface area contributed by atoms with Crippen molar-refractivity contribution in [3.05, 3.63) is 70.6 Å². The van der Waals surface area contributed by atoms with E-state index >= 15 is 0 Å². The van der Waals surface area contributed by atoms with Crippen molar-refractivity contribution >= 4 is 23.2 Å². The Bertz CT molecular complexity index is 1060. The van der Waals surface area contributed by atoms with Crippen LogP contribution in [-0.2, 0) is 6.54 Å². The number of aromatic nitrogens is 4. The first-order valence-corrected chi connectivity index (χ1v) is 10.2. The maximum atomic E-state index is 13.3. The number of hydrogen-bond donors (Lipinski definition) is 2. The molecule has 7 nitrogen and oxygen atoms in total. The fourth-order valence-corrected chi connectivity index (χ4v) is 3.96. The van der Waals surface area contributed by atoms with Gasteiger partial charge in [0.1, 0.15) is 23.7 Å². The summed E-state index contributed by atoms with van der Waals surface area (Å²) in [5.74, 6) is 0.278. The van der Waals surface area contributed by atoms with E-state index in [0.717, 1.165) is 24.8 Å². The van der Waals surface area contributed by atoms with Crippen molar-refractivity contribution in [2.45, 2.75) is 31.8 Å². The smallest absolute Gasteiger partial charge is 0.218 e. The molecule has 1 fully saturated rings. The average molecular weight is 429 g/mol. The fourth-order valence-electron chi connectivity index (χ4n) is 3.76. The van der Waals surface area contributed by atoms with Crippen molar-refractivity contribution in [1.82, 2.24) is 19.7 Å². The molecule has 2 heterocycles. The molecule has 0 saturated heterocycles. The molecule has 2 aromatic heterocycles. The summed E-state index contributed by atoms with van der Waals surface area (Å²) in [4.78, 5) is 21.3. The SMILES string of the molecule is NCC1CCC(Nc2ncncc2C(=O)c2ccn(Cc3ccc(F)c(Cl)c3)n2)C1. The normalized spacial score (nSPS) is 18.5. The van der Waals surface area contributed by atoms with E-state index in [-0.39, 0.29) is 22.5 Å². The largest absolute Gasteiger partial charge is 0.367 e. The third-order valence-electron chi connectivity index (χ3n) is 5.37. The van der Waals surface area contributed by atoms with Crippen LogP contribution in [0.5, 0.6) is 0 Å². The zero-order chi connectivity index (χ0) is 21.1. The summed E-state index contributed by atoms with van der Waals surface area (Å²) >= 11 is 5.83. The van der Waals surface area contributed by atoms with E-state index in [9.17, 15) is 9.18 Å². The van der Waals surface area contributed by atoms with E-state index in [1.165, 1.54) is 18.6 Å². The first-order valence-electron chi connectivity index (χ1n) is 9.82. The number of carbonyl (C=O) groups is 1. The van der Waals surface area contributed by atoms with Gasteiger partial charge in [-0.05, 0) is 55.5 Å². The Morgan fingerprint density at radius 2 is 2.20 bits per heavy atom. The Kier molecular flexibility index (Phi) is 6.06. The average Bonchev–Trinajstić information content (AvgIpc) is 3.40. The minimum absolute atomic E-state index is 0.0527. The quantitative estimate of drug-likeness (QED) is 0.560. The lowest BCUT2D eigenvalue weighted by molar-refractivity contribution is 0.103. The second-order valence-electron chi connectivity index (χ2n) is 7.52. The molecule has 3 N–H and O–H groups in total. The van der Waals surface area contributed by atoms with Gasteiger partial charge >= 0.3 is 0 Å². The van der Waals surface area contributed by atoms with Crippen molar-refractivity contribution in [3.8, 4) is 0 Å². The molecule has 0 radical (unpaired) electrons. The number of nitrogens with two attached hydrogens (primary N) is 1. The number of ketones is 1. The predicted octanol–water partition coefficient (Wildman–Crippen LogP) is 3.28. The standard InChI is InChI=1S/C21H22ClFN6O/c22-17-8-14(2-4-18(17)23)11-29-6-5-19(28-29)20(30)16-10-25-12-26-21(16)27-15-3-1-13(7-15)9-24/h2,4-6,8,10,12-13,15H,1,3,7,9,11,24H2,(H,25,26,27). The molecule has 30 heavy (non-hydrogen) atoms.